The highest BCUT2D eigenvalue weighted by Gasteiger charge is 2.14. The summed E-state index contributed by atoms with van der Waals surface area (Å²) < 4.78 is 28.0. The number of sulfonamides is 1. The molecule has 0 saturated heterocycles. The van der Waals surface area contributed by atoms with E-state index in [1.807, 2.05) is 0 Å². The van der Waals surface area contributed by atoms with Crippen molar-refractivity contribution in [3.05, 3.63) is 48.0 Å². The van der Waals surface area contributed by atoms with Crippen molar-refractivity contribution in [2.45, 2.75) is 4.90 Å². The minimum atomic E-state index is -3.90. The first-order valence-corrected chi connectivity index (χ1v) is 7.32. The van der Waals surface area contributed by atoms with E-state index in [4.69, 9.17) is 21.3 Å². The number of hydrogen-bond acceptors (Lipinski definition) is 5. The van der Waals surface area contributed by atoms with Crippen molar-refractivity contribution >= 4 is 21.6 Å². The van der Waals surface area contributed by atoms with E-state index in [-0.39, 0.29) is 27.6 Å². The Morgan fingerprint density at radius 1 is 1.10 bits per heavy atom. The maximum Gasteiger partial charge on any atom is 0.252 e. The van der Waals surface area contributed by atoms with Gasteiger partial charge in [0.25, 0.3) is 5.91 Å². The number of primary amides is 1. The minimum Gasteiger partial charge on any atom is -0.456 e. The summed E-state index contributed by atoms with van der Waals surface area (Å²) in [6.45, 7) is 0. The third-order valence-corrected chi connectivity index (χ3v) is 3.65. The van der Waals surface area contributed by atoms with Gasteiger partial charge in [0.2, 0.25) is 10.0 Å². The molecule has 0 radical (unpaired) electrons. The standard InChI is InChI=1S/C13H13N3O4S/c14-10-7-8(5-6-12(10)21(16,18)19)20-11-4-2-1-3-9(11)13(15)17/h1-7H,14H2,(H2,15,17)(H2,16,18,19). The van der Waals surface area contributed by atoms with E-state index in [0.717, 1.165) is 0 Å². The van der Waals surface area contributed by atoms with Gasteiger partial charge in [-0.25, -0.2) is 13.6 Å². The first kappa shape index (κ1) is 14.8. The number of nitrogens with two attached hydrogens (primary N) is 3. The van der Waals surface area contributed by atoms with E-state index < -0.39 is 15.9 Å². The number of rotatable bonds is 4. The van der Waals surface area contributed by atoms with Gasteiger partial charge < -0.3 is 16.2 Å². The summed E-state index contributed by atoms with van der Waals surface area (Å²) in [4.78, 5) is 11.1. The van der Waals surface area contributed by atoms with Crippen LogP contribution in [-0.2, 0) is 10.0 Å². The van der Waals surface area contributed by atoms with Crippen LogP contribution < -0.4 is 21.3 Å². The van der Waals surface area contributed by atoms with Crippen molar-refractivity contribution in [1.29, 1.82) is 0 Å². The number of ether oxygens (including phenoxy) is 1. The van der Waals surface area contributed by atoms with Crippen LogP contribution >= 0.6 is 0 Å². The second-order valence-electron chi connectivity index (χ2n) is 4.21. The van der Waals surface area contributed by atoms with Crippen molar-refractivity contribution in [3.63, 3.8) is 0 Å². The zero-order chi connectivity index (χ0) is 15.6. The summed E-state index contributed by atoms with van der Waals surface area (Å²) in [6.07, 6.45) is 0. The summed E-state index contributed by atoms with van der Waals surface area (Å²) in [5, 5.41) is 5.01. The number of benzene rings is 2. The molecule has 0 saturated carbocycles. The van der Waals surface area contributed by atoms with Crippen LogP contribution in [0.3, 0.4) is 0 Å². The number of carbonyl (C=O) groups excluding carboxylic acids is 1. The van der Waals surface area contributed by atoms with Crippen LogP contribution in [0.25, 0.3) is 0 Å². The lowest BCUT2D eigenvalue weighted by Crippen LogP contribution is -2.14. The number of carbonyl (C=O) groups is 1. The van der Waals surface area contributed by atoms with Gasteiger partial charge in [-0.05, 0) is 24.3 Å². The van der Waals surface area contributed by atoms with Crippen LogP contribution in [0.5, 0.6) is 11.5 Å². The molecule has 2 aromatic carbocycles. The molecule has 0 bridgehead atoms. The van der Waals surface area contributed by atoms with Crippen LogP contribution in [0.2, 0.25) is 0 Å². The predicted octanol–water partition coefficient (Wildman–Crippen LogP) is 0.807. The molecule has 0 aliphatic heterocycles. The highest BCUT2D eigenvalue weighted by molar-refractivity contribution is 7.89. The molecule has 0 fully saturated rings. The van der Waals surface area contributed by atoms with Gasteiger partial charge >= 0.3 is 0 Å². The van der Waals surface area contributed by atoms with Gasteiger partial charge in [0, 0.05) is 6.07 Å². The van der Waals surface area contributed by atoms with E-state index in [9.17, 15) is 13.2 Å². The smallest absolute Gasteiger partial charge is 0.252 e. The predicted molar refractivity (Wildman–Crippen MR) is 77.3 cm³/mol. The van der Waals surface area contributed by atoms with Crippen molar-refractivity contribution in [3.8, 4) is 11.5 Å². The molecule has 0 unspecified atom stereocenters. The average molecular weight is 307 g/mol. The average Bonchev–Trinajstić information content (AvgIpc) is 2.37. The summed E-state index contributed by atoms with van der Waals surface area (Å²) >= 11 is 0. The minimum absolute atomic E-state index is 0.0495. The second-order valence-corrected chi connectivity index (χ2v) is 5.74. The van der Waals surface area contributed by atoms with Crippen LogP contribution in [0, 0.1) is 0 Å². The first-order chi connectivity index (χ1) is 9.79. The van der Waals surface area contributed by atoms with E-state index in [0.29, 0.717) is 0 Å². The number of anilines is 1. The van der Waals surface area contributed by atoms with E-state index in [1.54, 1.807) is 18.2 Å². The zero-order valence-electron chi connectivity index (χ0n) is 10.8. The SMILES string of the molecule is NC(=O)c1ccccc1Oc1ccc(S(N)(=O)=O)c(N)c1. The molecule has 8 heteroatoms. The van der Waals surface area contributed by atoms with Gasteiger partial charge in [0.1, 0.15) is 16.4 Å². The molecule has 6 N–H and O–H groups in total. The normalized spacial score (nSPS) is 11.1. The fraction of sp³-hybridized carbons (Fsp3) is 0. The largest absolute Gasteiger partial charge is 0.456 e. The fourth-order valence-electron chi connectivity index (χ4n) is 1.74. The van der Waals surface area contributed by atoms with Gasteiger partial charge in [-0.15, -0.1) is 0 Å². The molecular weight excluding hydrogens is 294 g/mol. The van der Waals surface area contributed by atoms with Crippen LogP contribution in [0.15, 0.2) is 47.4 Å². The number of nitrogen functional groups attached to an aromatic ring is 1. The molecule has 0 atom stereocenters. The molecule has 110 valence electrons. The highest BCUT2D eigenvalue weighted by Crippen LogP contribution is 2.28. The lowest BCUT2D eigenvalue weighted by atomic mass is 10.2. The molecule has 0 aromatic heterocycles. The van der Waals surface area contributed by atoms with Crippen molar-refractivity contribution in [1.82, 2.24) is 0 Å². The van der Waals surface area contributed by atoms with Gasteiger partial charge in [-0.3, -0.25) is 4.79 Å². The monoisotopic (exact) mass is 307 g/mol. The third kappa shape index (κ3) is 3.30. The molecular formula is C13H13N3O4S. The van der Waals surface area contributed by atoms with Crippen LogP contribution in [-0.4, -0.2) is 14.3 Å². The Kier molecular flexibility index (Phi) is 3.83. The fourth-order valence-corrected chi connectivity index (χ4v) is 2.38. The highest BCUT2D eigenvalue weighted by atomic mass is 32.2. The maximum absolute atomic E-state index is 11.3. The van der Waals surface area contributed by atoms with Gasteiger partial charge in [-0.1, -0.05) is 12.1 Å². The van der Waals surface area contributed by atoms with Gasteiger partial charge in [0.15, 0.2) is 0 Å². The second kappa shape index (κ2) is 5.43. The molecule has 0 aliphatic rings. The number of primary sulfonamides is 1. The van der Waals surface area contributed by atoms with Crippen LogP contribution in [0.1, 0.15) is 10.4 Å². The number of amides is 1. The summed E-state index contributed by atoms with van der Waals surface area (Å²) in [5.41, 5.74) is 11.0. The maximum atomic E-state index is 11.3. The lowest BCUT2D eigenvalue weighted by Gasteiger charge is -2.10. The van der Waals surface area contributed by atoms with Gasteiger partial charge in [-0.2, -0.15) is 0 Å². The quantitative estimate of drug-likeness (QED) is 0.717. The van der Waals surface area contributed by atoms with E-state index >= 15 is 0 Å². The molecule has 0 heterocycles. The van der Waals surface area contributed by atoms with Crippen molar-refractivity contribution < 1.29 is 17.9 Å². The molecule has 2 rings (SSSR count). The lowest BCUT2D eigenvalue weighted by molar-refractivity contribution is 0.0998. The summed E-state index contributed by atoms with van der Waals surface area (Å²) in [6, 6.07) is 10.3. The van der Waals surface area contributed by atoms with Crippen molar-refractivity contribution in [2.75, 3.05) is 5.73 Å². The topological polar surface area (TPSA) is 138 Å². The molecule has 7 nitrogen and oxygen atoms in total. The Morgan fingerprint density at radius 2 is 1.76 bits per heavy atom. The molecule has 1 amide bonds. The number of para-hydroxylation sites is 1. The van der Waals surface area contributed by atoms with Gasteiger partial charge in [0.05, 0.1) is 11.3 Å². The summed E-state index contributed by atoms with van der Waals surface area (Å²) in [7, 11) is -3.90. The molecule has 0 aliphatic carbocycles. The van der Waals surface area contributed by atoms with E-state index in [2.05, 4.69) is 0 Å². The summed E-state index contributed by atoms with van der Waals surface area (Å²) in [5.74, 6) is -0.138. The van der Waals surface area contributed by atoms with E-state index in [1.165, 1.54) is 24.3 Å². The Hall–Kier alpha value is -2.58. The molecule has 2 aromatic rings. The molecule has 0 spiro atoms. The Balaban J connectivity index is 2.38. The Labute approximate surface area is 121 Å². The Morgan fingerprint density at radius 3 is 2.33 bits per heavy atom. The van der Waals surface area contributed by atoms with Crippen molar-refractivity contribution in [2.24, 2.45) is 10.9 Å². The zero-order valence-corrected chi connectivity index (χ0v) is 11.6. The number of hydrogen-bond donors (Lipinski definition) is 3. The van der Waals surface area contributed by atoms with Crippen LogP contribution in [0.4, 0.5) is 5.69 Å². The third-order valence-electron chi connectivity index (χ3n) is 2.67. The molecule has 21 heavy (non-hydrogen) atoms. The Bertz CT molecular complexity index is 803. The first-order valence-electron chi connectivity index (χ1n) is 5.78.